The predicted molar refractivity (Wildman–Crippen MR) is 102 cm³/mol. The second-order valence-electron chi connectivity index (χ2n) is 8.34. The van der Waals surface area contributed by atoms with Crippen molar-refractivity contribution in [1.29, 1.82) is 0 Å². The van der Waals surface area contributed by atoms with Crippen molar-refractivity contribution >= 4 is 12.4 Å². The van der Waals surface area contributed by atoms with Crippen molar-refractivity contribution in [2.24, 2.45) is 18.4 Å². The Morgan fingerprint density at radius 2 is 2.00 bits per heavy atom. The third-order valence-electron chi connectivity index (χ3n) is 6.38. The van der Waals surface area contributed by atoms with Crippen LogP contribution in [0.2, 0.25) is 0 Å². The fraction of sp³-hybridized carbons (Fsp3) is 0.750. The van der Waals surface area contributed by atoms with E-state index in [9.17, 15) is 4.79 Å². The van der Waals surface area contributed by atoms with Gasteiger partial charge in [0.05, 0.1) is 12.0 Å². The van der Waals surface area contributed by atoms with Crippen molar-refractivity contribution in [1.82, 2.24) is 19.4 Å². The quantitative estimate of drug-likeness (QED) is 0.643. The Morgan fingerprint density at radius 3 is 2.63 bits per heavy atom. The Balaban J connectivity index is 0.000000659. The largest absolute Gasteiger partial charge is 0.483 e. The lowest BCUT2D eigenvalue weighted by Crippen LogP contribution is -2.67. The molecule has 1 N–H and O–H groups in total. The maximum absolute atomic E-state index is 12.9. The van der Waals surface area contributed by atoms with Crippen LogP contribution in [0.15, 0.2) is 12.4 Å². The smallest absolute Gasteiger partial charge is 0.290 e. The van der Waals surface area contributed by atoms with Crippen LogP contribution < -0.4 is 0 Å². The number of rotatable bonds is 4. The van der Waals surface area contributed by atoms with Crippen LogP contribution in [0.4, 0.5) is 0 Å². The number of aromatic nitrogens is 2. The molecule has 2 aliphatic heterocycles. The second-order valence-corrected chi connectivity index (χ2v) is 8.34. The molecule has 2 saturated heterocycles. The van der Waals surface area contributed by atoms with Gasteiger partial charge in [-0.2, -0.15) is 0 Å². The van der Waals surface area contributed by atoms with Crippen molar-refractivity contribution in [2.45, 2.75) is 51.5 Å². The zero-order valence-electron chi connectivity index (χ0n) is 16.3. The van der Waals surface area contributed by atoms with Gasteiger partial charge in [0.2, 0.25) is 5.91 Å². The third-order valence-corrected chi connectivity index (χ3v) is 6.38. The van der Waals surface area contributed by atoms with E-state index in [4.69, 9.17) is 9.90 Å². The number of imidazole rings is 1. The van der Waals surface area contributed by atoms with Gasteiger partial charge in [0.15, 0.2) is 0 Å². The first-order chi connectivity index (χ1) is 13.1. The average molecular weight is 377 g/mol. The molecule has 1 unspecified atom stereocenters. The number of carbonyl (C=O) groups excluding carboxylic acids is 1. The first-order valence-corrected chi connectivity index (χ1v) is 10.1. The van der Waals surface area contributed by atoms with Gasteiger partial charge in [0, 0.05) is 39.1 Å². The Hall–Kier alpha value is -1.89. The predicted octanol–water partition coefficient (Wildman–Crippen LogP) is 2.13. The van der Waals surface area contributed by atoms with Crippen molar-refractivity contribution < 1.29 is 14.7 Å². The first-order valence-electron chi connectivity index (χ1n) is 10.1. The SMILES string of the molecule is Cn1ccnc1CN1CCCC2(C1)CN(CC1CCCCC1)C2=O.O=CO. The molecule has 7 nitrogen and oxygen atoms in total. The minimum absolute atomic E-state index is 0.0852. The molecular weight excluding hydrogens is 344 g/mol. The summed E-state index contributed by atoms with van der Waals surface area (Å²) in [5, 5.41) is 6.89. The highest BCUT2D eigenvalue weighted by molar-refractivity contribution is 5.89. The van der Waals surface area contributed by atoms with E-state index in [1.165, 1.54) is 32.1 Å². The molecule has 3 heterocycles. The molecule has 4 rings (SSSR count). The highest BCUT2D eigenvalue weighted by Gasteiger charge is 2.53. The van der Waals surface area contributed by atoms with Gasteiger partial charge in [-0.15, -0.1) is 0 Å². The highest BCUT2D eigenvalue weighted by Crippen LogP contribution is 2.41. The summed E-state index contributed by atoms with van der Waals surface area (Å²) in [6.07, 6.45) is 12.8. The summed E-state index contributed by atoms with van der Waals surface area (Å²) in [5.41, 5.74) is -0.0852. The molecule has 1 aliphatic carbocycles. The van der Waals surface area contributed by atoms with Crippen LogP contribution in [0, 0.1) is 11.3 Å². The van der Waals surface area contributed by atoms with Crippen LogP contribution in [-0.4, -0.2) is 63.0 Å². The number of piperidine rings is 1. The van der Waals surface area contributed by atoms with E-state index in [1.54, 1.807) is 0 Å². The lowest BCUT2D eigenvalue weighted by Gasteiger charge is -2.54. The van der Waals surface area contributed by atoms with E-state index >= 15 is 0 Å². The Kier molecular flexibility index (Phi) is 6.52. The number of aryl methyl sites for hydroxylation is 1. The van der Waals surface area contributed by atoms with Crippen LogP contribution in [0.1, 0.15) is 50.8 Å². The number of carboxylic acid groups (broad SMARTS) is 1. The molecule has 27 heavy (non-hydrogen) atoms. The topological polar surface area (TPSA) is 78.7 Å². The van der Waals surface area contributed by atoms with Gasteiger partial charge < -0.3 is 14.6 Å². The Labute approximate surface area is 161 Å². The van der Waals surface area contributed by atoms with E-state index in [0.717, 1.165) is 57.3 Å². The molecule has 1 amide bonds. The van der Waals surface area contributed by atoms with Crippen molar-refractivity contribution in [2.75, 3.05) is 26.2 Å². The van der Waals surface area contributed by atoms with E-state index < -0.39 is 0 Å². The molecule has 0 radical (unpaired) electrons. The number of hydrogen-bond acceptors (Lipinski definition) is 4. The van der Waals surface area contributed by atoms with Crippen molar-refractivity contribution in [3.05, 3.63) is 18.2 Å². The molecular formula is C20H32N4O3. The standard InChI is InChI=1S/C19H30N4O.CH2O2/c1-21-11-9-20-17(21)13-22-10-5-8-19(14-22)15-23(18(19)24)12-16-6-3-2-4-7-16;2-1-3/h9,11,16H,2-8,10,12-15H2,1H3;1H,(H,2,3). The van der Waals surface area contributed by atoms with Gasteiger partial charge in [0.1, 0.15) is 5.82 Å². The van der Waals surface area contributed by atoms with Crippen LogP contribution in [0.5, 0.6) is 0 Å². The Bertz CT molecular complexity index is 641. The lowest BCUT2D eigenvalue weighted by molar-refractivity contribution is -0.168. The fourth-order valence-corrected chi connectivity index (χ4v) is 4.99. The molecule has 1 aromatic heterocycles. The summed E-state index contributed by atoms with van der Waals surface area (Å²) < 4.78 is 2.08. The van der Waals surface area contributed by atoms with Gasteiger partial charge in [-0.25, -0.2) is 4.98 Å². The van der Waals surface area contributed by atoms with Gasteiger partial charge in [-0.05, 0) is 38.1 Å². The zero-order chi connectivity index (χ0) is 19.3. The summed E-state index contributed by atoms with van der Waals surface area (Å²) in [6, 6.07) is 0. The average Bonchev–Trinajstić information content (AvgIpc) is 3.08. The molecule has 0 bridgehead atoms. The minimum atomic E-state index is -0.250. The van der Waals surface area contributed by atoms with E-state index in [2.05, 4.69) is 19.4 Å². The fourth-order valence-electron chi connectivity index (χ4n) is 4.99. The van der Waals surface area contributed by atoms with Gasteiger partial charge in [0.25, 0.3) is 6.47 Å². The molecule has 1 atom stereocenters. The number of nitrogens with zero attached hydrogens (tertiary/aromatic N) is 4. The number of amides is 1. The minimum Gasteiger partial charge on any atom is -0.483 e. The summed E-state index contributed by atoms with van der Waals surface area (Å²) in [6.45, 7) is 4.62. The summed E-state index contributed by atoms with van der Waals surface area (Å²) in [5.74, 6) is 2.28. The Morgan fingerprint density at radius 1 is 1.26 bits per heavy atom. The van der Waals surface area contributed by atoms with E-state index in [0.29, 0.717) is 5.91 Å². The van der Waals surface area contributed by atoms with E-state index in [1.807, 2.05) is 19.4 Å². The third kappa shape index (κ3) is 4.51. The molecule has 7 heteroatoms. The van der Waals surface area contributed by atoms with Gasteiger partial charge >= 0.3 is 0 Å². The summed E-state index contributed by atoms with van der Waals surface area (Å²) in [7, 11) is 2.04. The molecule has 3 aliphatic rings. The molecule has 150 valence electrons. The first kappa shape index (κ1) is 19.9. The van der Waals surface area contributed by atoms with Crippen LogP contribution in [0.3, 0.4) is 0 Å². The van der Waals surface area contributed by atoms with Crippen molar-refractivity contribution in [3.63, 3.8) is 0 Å². The number of β-lactam (4-membered cyclic amide) rings is 1. The maximum Gasteiger partial charge on any atom is 0.290 e. The monoisotopic (exact) mass is 376 g/mol. The van der Waals surface area contributed by atoms with Crippen molar-refractivity contribution in [3.8, 4) is 0 Å². The molecule has 1 spiro atoms. The van der Waals surface area contributed by atoms with E-state index in [-0.39, 0.29) is 11.9 Å². The highest BCUT2D eigenvalue weighted by atomic mass is 16.3. The normalized spacial score (nSPS) is 26.4. The number of carbonyl (C=O) groups is 2. The van der Waals surface area contributed by atoms with Crippen LogP contribution >= 0.6 is 0 Å². The zero-order valence-corrected chi connectivity index (χ0v) is 16.3. The number of hydrogen-bond donors (Lipinski definition) is 1. The van der Waals surface area contributed by atoms with Crippen LogP contribution in [0.25, 0.3) is 0 Å². The van der Waals surface area contributed by atoms with Crippen LogP contribution in [-0.2, 0) is 23.2 Å². The second kappa shape index (κ2) is 8.87. The van der Waals surface area contributed by atoms with Gasteiger partial charge in [-0.1, -0.05) is 19.3 Å². The lowest BCUT2D eigenvalue weighted by atomic mass is 9.71. The summed E-state index contributed by atoms with van der Waals surface area (Å²) in [4.78, 5) is 30.3. The molecule has 1 aromatic rings. The van der Waals surface area contributed by atoms with Gasteiger partial charge in [-0.3, -0.25) is 14.5 Å². The molecule has 0 aromatic carbocycles. The molecule has 1 saturated carbocycles. The number of likely N-dealkylation sites (tertiary alicyclic amines) is 2. The molecule has 3 fully saturated rings. The summed E-state index contributed by atoms with van der Waals surface area (Å²) >= 11 is 0. The maximum atomic E-state index is 12.9.